The Morgan fingerprint density at radius 2 is 2.33 bits per heavy atom. The lowest BCUT2D eigenvalue weighted by Crippen LogP contribution is -2.28. The summed E-state index contributed by atoms with van der Waals surface area (Å²) in [6, 6.07) is 0. The second-order valence-corrected chi connectivity index (χ2v) is 4.15. The second-order valence-electron chi connectivity index (χ2n) is 3.35. The van der Waals surface area contributed by atoms with Crippen LogP contribution in [0.3, 0.4) is 0 Å². The number of aliphatic hydroxyl groups excluding tert-OH is 1. The molecular weight excluding hydrogens is 216 g/mol. The van der Waals surface area contributed by atoms with Gasteiger partial charge in [0.2, 0.25) is 11.4 Å². The lowest BCUT2D eigenvalue weighted by molar-refractivity contribution is -0.707. The van der Waals surface area contributed by atoms with Gasteiger partial charge in [-0.1, -0.05) is 11.8 Å². The van der Waals surface area contributed by atoms with Gasteiger partial charge in [0.05, 0.1) is 20.5 Å². The number of nitrogens with zero attached hydrogens (tertiary/aromatic N) is 2. The van der Waals surface area contributed by atoms with Gasteiger partial charge in [0.25, 0.3) is 0 Å². The van der Waals surface area contributed by atoms with Crippen molar-refractivity contribution < 1.29 is 19.6 Å². The van der Waals surface area contributed by atoms with Gasteiger partial charge in [-0.3, -0.25) is 0 Å². The number of aliphatic hydroxyl groups is 1. The molecule has 0 unspecified atom stereocenters. The van der Waals surface area contributed by atoms with Crippen LogP contribution in [0.15, 0.2) is 11.4 Å². The van der Waals surface area contributed by atoms with E-state index < -0.39 is 12.1 Å². The Labute approximate surface area is 92.3 Å². The van der Waals surface area contributed by atoms with Gasteiger partial charge in [-0.25, -0.2) is 13.9 Å². The molecule has 1 atom stereocenters. The quantitative estimate of drug-likeness (QED) is 0.544. The van der Waals surface area contributed by atoms with Crippen LogP contribution < -0.4 is 4.57 Å². The summed E-state index contributed by atoms with van der Waals surface area (Å²) in [5, 5.41) is 18.9. The van der Waals surface area contributed by atoms with Crippen molar-refractivity contribution in [2.45, 2.75) is 17.6 Å². The minimum absolute atomic E-state index is 0.128. The van der Waals surface area contributed by atoms with Crippen LogP contribution in [0, 0.1) is 0 Å². The first-order valence-corrected chi connectivity index (χ1v) is 5.68. The molecule has 0 amide bonds. The number of hydrogen-bond donors (Lipinski definition) is 2. The number of carboxylic acids is 1. The number of thioether (sulfide) groups is 1. The van der Waals surface area contributed by atoms with E-state index in [0.29, 0.717) is 0 Å². The Morgan fingerprint density at radius 1 is 1.73 bits per heavy atom. The molecule has 0 saturated carbocycles. The van der Waals surface area contributed by atoms with Crippen molar-refractivity contribution in [2.75, 3.05) is 6.26 Å². The number of carbonyl (C=O) groups is 1. The molecule has 0 saturated heterocycles. The van der Waals surface area contributed by atoms with Gasteiger partial charge in [0.1, 0.15) is 0 Å². The van der Waals surface area contributed by atoms with E-state index in [0.717, 1.165) is 10.7 Å². The van der Waals surface area contributed by atoms with Crippen LogP contribution in [-0.2, 0) is 25.3 Å². The molecule has 2 N–H and O–H groups in total. The molecule has 5 nitrogen and oxygen atoms in total. The highest BCUT2D eigenvalue weighted by atomic mass is 32.2. The number of rotatable bonds is 4. The smallest absolute Gasteiger partial charge is 0.333 e. The molecule has 1 aromatic rings. The van der Waals surface area contributed by atoms with Crippen LogP contribution in [0.5, 0.6) is 0 Å². The van der Waals surface area contributed by atoms with Crippen LogP contribution in [-0.4, -0.2) is 33.1 Å². The summed E-state index contributed by atoms with van der Waals surface area (Å²) in [5.74, 6) is -1.19. The third kappa shape index (κ3) is 2.51. The van der Waals surface area contributed by atoms with Crippen LogP contribution in [0.25, 0.3) is 0 Å². The summed E-state index contributed by atoms with van der Waals surface area (Å²) in [6.07, 6.45) is 2.56. The van der Waals surface area contributed by atoms with Crippen molar-refractivity contribution >= 4 is 17.7 Å². The zero-order valence-corrected chi connectivity index (χ0v) is 9.78. The van der Waals surface area contributed by atoms with E-state index in [4.69, 9.17) is 5.11 Å². The molecule has 0 aliphatic carbocycles. The van der Waals surface area contributed by atoms with E-state index in [9.17, 15) is 9.90 Å². The largest absolute Gasteiger partial charge is 0.479 e. The maximum atomic E-state index is 10.5. The Morgan fingerprint density at radius 3 is 2.80 bits per heavy atom. The topological polar surface area (TPSA) is 66.3 Å². The van der Waals surface area contributed by atoms with Crippen LogP contribution in [0.2, 0.25) is 0 Å². The first-order chi connectivity index (χ1) is 6.97. The molecule has 1 heterocycles. The van der Waals surface area contributed by atoms with E-state index in [2.05, 4.69) is 0 Å². The Bertz CT molecular complexity index is 376. The van der Waals surface area contributed by atoms with Crippen molar-refractivity contribution in [3.63, 3.8) is 0 Å². The molecule has 1 rings (SSSR count). The molecule has 0 bridgehead atoms. The first-order valence-electron chi connectivity index (χ1n) is 4.46. The number of imidazole rings is 1. The summed E-state index contributed by atoms with van der Waals surface area (Å²) in [4.78, 5) is 10.5. The minimum Gasteiger partial charge on any atom is -0.479 e. The lowest BCUT2D eigenvalue weighted by Gasteiger charge is -2.03. The van der Waals surface area contributed by atoms with Gasteiger partial charge >= 0.3 is 5.97 Å². The number of aliphatic carboxylic acids is 1. The maximum absolute atomic E-state index is 10.5. The molecular formula is C9H15N2O3S+. The molecule has 0 spiro atoms. The highest BCUT2D eigenvalue weighted by molar-refractivity contribution is 7.98. The zero-order chi connectivity index (χ0) is 11.6. The van der Waals surface area contributed by atoms with Crippen LogP contribution >= 0.6 is 11.8 Å². The lowest BCUT2D eigenvalue weighted by atomic mass is 10.2. The van der Waals surface area contributed by atoms with E-state index in [1.807, 2.05) is 35.8 Å². The second kappa shape index (κ2) is 4.67. The molecule has 0 radical (unpaired) electrons. The van der Waals surface area contributed by atoms with Crippen LogP contribution in [0.4, 0.5) is 0 Å². The molecule has 6 heteroatoms. The predicted octanol–water partition coefficient (Wildman–Crippen LogP) is -0.440. The molecule has 0 aliphatic heterocycles. The highest BCUT2D eigenvalue weighted by Gasteiger charge is 2.24. The summed E-state index contributed by atoms with van der Waals surface area (Å²) in [7, 11) is 3.73. The highest BCUT2D eigenvalue weighted by Crippen LogP contribution is 2.17. The number of hydrogen-bond acceptors (Lipinski definition) is 3. The van der Waals surface area contributed by atoms with Crippen molar-refractivity contribution in [3.8, 4) is 0 Å². The Kier molecular flexibility index (Phi) is 3.76. The third-order valence-electron chi connectivity index (χ3n) is 2.20. The predicted molar refractivity (Wildman–Crippen MR) is 55.7 cm³/mol. The van der Waals surface area contributed by atoms with E-state index in [-0.39, 0.29) is 6.42 Å². The van der Waals surface area contributed by atoms with Crippen LogP contribution in [0.1, 0.15) is 5.69 Å². The van der Waals surface area contributed by atoms with Gasteiger partial charge < -0.3 is 10.2 Å². The minimum atomic E-state index is -1.34. The number of carboxylic acid groups (broad SMARTS) is 1. The van der Waals surface area contributed by atoms with E-state index in [1.54, 1.807) is 0 Å². The summed E-state index contributed by atoms with van der Waals surface area (Å²) in [5.41, 5.74) is 0.833. The molecule has 84 valence electrons. The van der Waals surface area contributed by atoms with E-state index in [1.165, 1.54) is 11.8 Å². The SMILES string of the molecule is CSc1c(C[C@H](O)C(=O)O)n(C)c[n+]1C. The first kappa shape index (κ1) is 12.1. The van der Waals surface area contributed by atoms with Gasteiger partial charge in [-0.05, 0) is 6.26 Å². The summed E-state index contributed by atoms with van der Waals surface area (Å²) < 4.78 is 3.74. The fraction of sp³-hybridized carbons (Fsp3) is 0.556. The number of aryl methyl sites for hydroxylation is 2. The standard InChI is InChI=1S/C9H14N2O3S/c1-10-5-11(2)8(15-3)6(10)4-7(12)9(13)14/h5,7,12H,4H2,1-3H3/p+1/t7-/m0/s1. The third-order valence-corrected chi connectivity index (χ3v) is 3.11. The molecule has 1 aromatic heterocycles. The van der Waals surface area contributed by atoms with E-state index >= 15 is 0 Å². The molecule has 0 aliphatic rings. The number of aromatic nitrogens is 2. The van der Waals surface area contributed by atoms with Gasteiger partial charge in [0, 0.05) is 0 Å². The monoisotopic (exact) mass is 231 g/mol. The average molecular weight is 231 g/mol. The fourth-order valence-electron chi connectivity index (χ4n) is 1.50. The van der Waals surface area contributed by atoms with Crippen molar-refractivity contribution in [2.24, 2.45) is 14.1 Å². The van der Waals surface area contributed by atoms with Gasteiger partial charge in [-0.2, -0.15) is 0 Å². The Balaban J connectivity index is 2.98. The van der Waals surface area contributed by atoms with Gasteiger partial charge in [0.15, 0.2) is 11.8 Å². The fourth-order valence-corrected chi connectivity index (χ4v) is 2.30. The maximum Gasteiger partial charge on any atom is 0.333 e. The molecule has 15 heavy (non-hydrogen) atoms. The average Bonchev–Trinajstić information content (AvgIpc) is 2.41. The van der Waals surface area contributed by atoms with Crippen molar-refractivity contribution in [3.05, 3.63) is 12.0 Å². The molecule has 0 fully saturated rings. The Hall–Kier alpha value is -1.01. The summed E-state index contributed by atoms with van der Waals surface area (Å²) in [6.45, 7) is 0. The normalized spacial score (nSPS) is 12.8. The zero-order valence-electron chi connectivity index (χ0n) is 8.97. The molecule has 0 aromatic carbocycles. The van der Waals surface area contributed by atoms with Crippen molar-refractivity contribution in [1.29, 1.82) is 0 Å². The summed E-state index contributed by atoms with van der Waals surface area (Å²) >= 11 is 1.53. The van der Waals surface area contributed by atoms with Crippen molar-refractivity contribution in [1.82, 2.24) is 4.57 Å². The van der Waals surface area contributed by atoms with Gasteiger partial charge in [-0.15, -0.1) is 0 Å².